The lowest BCUT2D eigenvalue weighted by Gasteiger charge is -2.34. The van der Waals surface area contributed by atoms with Crippen LogP contribution in [0.1, 0.15) is 40.9 Å². The van der Waals surface area contributed by atoms with Crippen molar-refractivity contribution in [2.24, 2.45) is 5.92 Å². The molecule has 2 aromatic carbocycles. The highest BCUT2D eigenvalue weighted by Gasteiger charge is 2.28. The number of aromatic nitrogens is 4. The minimum atomic E-state index is -0.913. The van der Waals surface area contributed by atoms with Crippen molar-refractivity contribution in [2.45, 2.75) is 38.8 Å². The number of rotatable bonds is 9. The Kier molecular flexibility index (Phi) is 8.10. The van der Waals surface area contributed by atoms with Crippen molar-refractivity contribution >= 4 is 17.5 Å². The summed E-state index contributed by atoms with van der Waals surface area (Å²) in [6, 6.07) is 8.64. The van der Waals surface area contributed by atoms with E-state index in [-0.39, 0.29) is 40.4 Å². The molecule has 1 saturated heterocycles. The molecular weight excluding hydrogens is 612 g/mol. The van der Waals surface area contributed by atoms with Crippen LogP contribution in [0.25, 0.3) is 5.69 Å². The molecule has 12 nitrogen and oxygen atoms in total. The van der Waals surface area contributed by atoms with E-state index in [2.05, 4.69) is 15.3 Å². The number of likely N-dealkylation sites (tertiary alicyclic amines) is 1. The Hall–Kier alpha value is -5.24. The van der Waals surface area contributed by atoms with Gasteiger partial charge in [-0.1, -0.05) is 0 Å². The number of benzene rings is 2. The molecule has 14 heteroatoms. The number of ether oxygens (including phenoxy) is 1. The third-order valence-electron chi connectivity index (χ3n) is 8.65. The second-order valence-corrected chi connectivity index (χ2v) is 12.0. The first-order valence-corrected chi connectivity index (χ1v) is 15.5. The molecule has 0 radical (unpaired) electrons. The summed E-state index contributed by atoms with van der Waals surface area (Å²) in [7, 11) is 0. The van der Waals surface area contributed by atoms with Gasteiger partial charge in [-0.25, -0.2) is 28.1 Å². The van der Waals surface area contributed by atoms with Gasteiger partial charge in [-0.05, 0) is 68.0 Å². The number of nitrogens with zero attached hydrogens (tertiary/aromatic N) is 6. The fourth-order valence-corrected chi connectivity index (χ4v) is 5.71. The van der Waals surface area contributed by atoms with E-state index >= 15 is 4.39 Å². The number of fused-ring (bicyclic) bond motifs is 1. The predicted octanol–water partition coefficient (Wildman–Crippen LogP) is 3.11. The maximum absolute atomic E-state index is 15.3. The Bertz CT molecular complexity index is 1990. The number of hydrogen-bond acceptors (Lipinski definition) is 8. The maximum atomic E-state index is 15.3. The van der Waals surface area contributed by atoms with Gasteiger partial charge >= 0.3 is 5.69 Å². The van der Waals surface area contributed by atoms with Gasteiger partial charge in [-0.3, -0.25) is 23.9 Å². The molecule has 2 aliphatic heterocycles. The van der Waals surface area contributed by atoms with Crippen LogP contribution in [0.15, 0.2) is 64.6 Å². The molecule has 2 fully saturated rings. The van der Waals surface area contributed by atoms with Crippen LogP contribution in [0.5, 0.6) is 11.6 Å². The summed E-state index contributed by atoms with van der Waals surface area (Å²) in [5, 5.41) is 2.43. The van der Waals surface area contributed by atoms with Crippen molar-refractivity contribution in [1.82, 2.24) is 28.9 Å². The molecule has 3 aliphatic rings. The Morgan fingerprint density at radius 1 is 1.00 bits per heavy atom. The smallest absolute Gasteiger partial charge is 0.335 e. The van der Waals surface area contributed by atoms with Crippen LogP contribution in [0.3, 0.4) is 0 Å². The Labute approximate surface area is 267 Å². The highest BCUT2D eigenvalue weighted by atomic mass is 19.1. The fraction of sp³-hybridized carbons (Fsp3) is 0.333. The van der Waals surface area contributed by atoms with Crippen molar-refractivity contribution in [3.05, 3.63) is 104 Å². The van der Waals surface area contributed by atoms with E-state index < -0.39 is 28.8 Å². The lowest BCUT2D eigenvalue weighted by atomic mass is 10.1. The Morgan fingerprint density at radius 2 is 1.79 bits per heavy atom. The molecule has 0 atom stereocenters. The van der Waals surface area contributed by atoms with Gasteiger partial charge in [0, 0.05) is 50.6 Å². The van der Waals surface area contributed by atoms with Crippen LogP contribution in [0.2, 0.25) is 0 Å². The first kappa shape index (κ1) is 30.4. The summed E-state index contributed by atoms with van der Waals surface area (Å²) >= 11 is 0. The quantitative estimate of drug-likeness (QED) is 0.295. The molecule has 2 aromatic heterocycles. The summed E-state index contributed by atoms with van der Waals surface area (Å²) in [4.78, 5) is 64.8. The van der Waals surface area contributed by atoms with Gasteiger partial charge in [0.25, 0.3) is 11.5 Å². The predicted molar refractivity (Wildman–Crippen MR) is 166 cm³/mol. The third-order valence-corrected chi connectivity index (χ3v) is 8.65. The second kappa shape index (κ2) is 12.5. The van der Waals surface area contributed by atoms with Crippen LogP contribution in [0, 0.1) is 17.6 Å². The highest BCUT2D eigenvalue weighted by molar-refractivity contribution is 6.04. The molecule has 1 N–H and O–H groups in total. The number of hydrogen-bond donors (Lipinski definition) is 1. The number of nitrogens with one attached hydrogen (secondary N) is 1. The van der Waals surface area contributed by atoms with Crippen LogP contribution < -0.4 is 21.3 Å². The average Bonchev–Trinajstić information content (AvgIpc) is 3.84. The van der Waals surface area contributed by atoms with Crippen LogP contribution in [-0.4, -0.2) is 66.9 Å². The normalized spacial score (nSPS) is 15.9. The van der Waals surface area contributed by atoms with Crippen molar-refractivity contribution in [2.75, 3.05) is 31.5 Å². The van der Waals surface area contributed by atoms with Crippen LogP contribution >= 0.6 is 0 Å². The molecular formula is C33H31F2N7O5. The van der Waals surface area contributed by atoms with Gasteiger partial charge in [0.1, 0.15) is 29.3 Å². The van der Waals surface area contributed by atoms with Gasteiger partial charge in [-0.2, -0.15) is 0 Å². The Morgan fingerprint density at radius 3 is 2.49 bits per heavy atom. The maximum Gasteiger partial charge on any atom is 0.335 e. The van der Waals surface area contributed by atoms with E-state index in [0.717, 1.165) is 66.4 Å². The van der Waals surface area contributed by atoms with Gasteiger partial charge in [-0.15, -0.1) is 0 Å². The SMILES string of the molecule is O=C(Nc1ccc(Oc2ncnc3c2CCN(CC(=O)N2CCC2)C3)cc1F)c1cn(CC2CC2)c(=O)n(-c2ccc(F)cc2)c1=O. The monoisotopic (exact) mass is 643 g/mol. The van der Waals surface area contributed by atoms with Crippen molar-refractivity contribution < 1.29 is 23.1 Å². The zero-order valence-electron chi connectivity index (χ0n) is 25.3. The molecule has 2 amide bonds. The molecule has 0 spiro atoms. The van der Waals surface area contributed by atoms with E-state index in [1.165, 1.54) is 41.4 Å². The lowest BCUT2D eigenvalue weighted by molar-refractivity contribution is -0.136. The molecule has 1 saturated carbocycles. The average molecular weight is 644 g/mol. The van der Waals surface area contributed by atoms with Crippen molar-refractivity contribution in [3.8, 4) is 17.3 Å². The second-order valence-electron chi connectivity index (χ2n) is 12.0. The molecule has 0 unspecified atom stereocenters. The van der Waals surface area contributed by atoms with Crippen LogP contribution in [0.4, 0.5) is 14.5 Å². The molecule has 242 valence electrons. The molecule has 0 bridgehead atoms. The number of anilines is 1. The first-order valence-electron chi connectivity index (χ1n) is 15.5. The standard InChI is InChI=1S/C33H31F2N7O5/c34-21-4-6-22(7-5-21)42-32(45)25(16-41(33(42)46)15-20-2-3-20)30(44)38-27-9-8-23(14-26(27)35)47-31-24-10-13-39(17-28(24)36-19-37-31)18-29(43)40-11-1-12-40/h4-9,14,16,19-20H,1-3,10-13,15,17-18H2,(H,38,44). The zero-order valence-corrected chi connectivity index (χ0v) is 25.3. The summed E-state index contributed by atoms with van der Waals surface area (Å²) in [6.45, 7) is 3.31. The van der Waals surface area contributed by atoms with E-state index in [4.69, 9.17) is 4.74 Å². The summed E-state index contributed by atoms with van der Waals surface area (Å²) < 4.78 is 36.9. The summed E-state index contributed by atoms with van der Waals surface area (Å²) in [5.41, 5.74) is -0.535. The van der Waals surface area contributed by atoms with Gasteiger partial charge in [0.05, 0.1) is 23.6 Å². The molecule has 47 heavy (non-hydrogen) atoms. The zero-order chi connectivity index (χ0) is 32.7. The highest BCUT2D eigenvalue weighted by Crippen LogP contribution is 2.31. The summed E-state index contributed by atoms with van der Waals surface area (Å²) in [6.07, 6.45) is 5.97. The van der Waals surface area contributed by atoms with E-state index in [9.17, 15) is 23.6 Å². The number of carbonyl (C=O) groups is 2. The number of carbonyl (C=O) groups excluding carboxylic acids is 2. The van der Waals surface area contributed by atoms with Gasteiger partial charge in [0.2, 0.25) is 11.8 Å². The van der Waals surface area contributed by atoms with Crippen molar-refractivity contribution in [3.63, 3.8) is 0 Å². The van der Waals surface area contributed by atoms with Crippen LogP contribution in [-0.2, 0) is 24.3 Å². The first-order chi connectivity index (χ1) is 22.7. The van der Waals surface area contributed by atoms with Gasteiger partial charge < -0.3 is 15.0 Å². The molecule has 4 heterocycles. The number of halogens is 2. The fourth-order valence-electron chi connectivity index (χ4n) is 5.71. The third kappa shape index (κ3) is 6.41. The number of amides is 2. The van der Waals surface area contributed by atoms with E-state index in [1.54, 1.807) is 0 Å². The topological polar surface area (TPSA) is 132 Å². The molecule has 1 aliphatic carbocycles. The minimum absolute atomic E-state index is 0.103. The summed E-state index contributed by atoms with van der Waals surface area (Å²) in [5.74, 6) is -1.52. The lowest BCUT2D eigenvalue weighted by Crippen LogP contribution is -2.48. The minimum Gasteiger partial charge on any atom is -0.439 e. The van der Waals surface area contributed by atoms with E-state index in [0.29, 0.717) is 32.6 Å². The van der Waals surface area contributed by atoms with Crippen molar-refractivity contribution in [1.29, 1.82) is 0 Å². The van der Waals surface area contributed by atoms with Gasteiger partial charge in [0.15, 0.2) is 0 Å². The van der Waals surface area contributed by atoms with E-state index in [1.807, 2.05) is 9.80 Å². The largest absolute Gasteiger partial charge is 0.439 e. The Balaban J connectivity index is 1.08. The molecule has 7 rings (SSSR count). The molecule has 4 aromatic rings.